The van der Waals surface area contributed by atoms with E-state index in [1.807, 2.05) is 81.5 Å². The molecule has 49 heavy (non-hydrogen) atoms. The molecule has 0 saturated heterocycles. The number of rotatable bonds is 16. The number of ether oxygens (including phenoxy) is 1. The summed E-state index contributed by atoms with van der Waals surface area (Å²) in [5.41, 5.74) is 9.98. The van der Waals surface area contributed by atoms with E-state index in [0.29, 0.717) is 37.8 Å². The first kappa shape index (κ1) is 37.6. The number of aliphatic hydroxyl groups is 1. The molecule has 0 radical (unpaired) electrons. The Bertz CT molecular complexity index is 1640. The lowest BCUT2D eigenvalue weighted by Gasteiger charge is -2.32. The van der Waals surface area contributed by atoms with Gasteiger partial charge in [-0.3, -0.25) is 4.79 Å². The van der Waals surface area contributed by atoms with Crippen molar-refractivity contribution in [2.75, 3.05) is 26.0 Å². The Labute approximate surface area is 290 Å². The van der Waals surface area contributed by atoms with Crippen molar-refractivity contribution in [2.45, 2.75) is 81.8 Å². The lowest BCUT2D eigenvalue weighted by atomic mass is 9.81. The van der Waals surface area contributed by atoms with Gasteiger partial charge in [0, 0.05) is 30.2 Å². The highest BCUT2D eigenvalue weighted by atomic mass is 32.2. The van der Waals surface area contributed by atoms with Crippen LogP contribution >= 0.6 is 0 Å². The van der Waals surface area contributed by atoms with Gasteiger partial charge in [-0.25, -0.2) is 13.2 Å². The first-order valence-electron chi connectivity index (χ1n) is 17.0. The van der Waals surface area contributed by atoms with Gasteiger partial charge in [-0.15, -0.1) is 0 Å². The highest BCUT2D eigenvalue weighted by Crippen LogP contribution is 2.37. The van der Waals surface area contributed by atoms with Gasteiger partial charge in [-0.2, -0.15) is 4.31 Å². The van der Waals surface area contributed by atoms with E-state index >= 15 is 0 Å². The van der Waals surface area contributed by atoms with Crippen LogP contribution in [0.25, 0.3) is 12.2 Å². The summed E-state index contributed by atoms with van der Waals surface area (Å²) in [6, 6.07) is 19.9. The van der Waals surface area contributed by atoms with Crippen LogP contribution in [0.2, 0.25) is 0 Å². The fourth-order valence-corrected chi connectivity index (χ4v) is 8.00. The van der Waals surface area contributed by atoms with Crippen molar-refractivity contribution in [1.29, 1.82) is 0 Å². The van der Waals surface area contributed by atoms with Gasteiger partial charge in [0.05, 0.1) is 18.6 Å². The largest absolute Gasteiger partial charge is 0.453 e. The Morgan fingerprint density at radius 1 is 0.898 bits per heavy atom. The van der Waals surface area contributed by atoms with E-state index < -0.39 is 34.1 Å². The Morgan fingerprint density at radius 2 is 1.49 bits per heavy atom. The van der Waals surface area contributed by atoms with Gasteiger partial charge in [0.1, 0.15) is 6.04 Å². The second-order valence-electron chi connectivity index (χ2n) is 12.9. The molecule has 0 spiro atoms. The van der Waals surface area contributed by atoms with Crippen LogP contribution < -0.4 is 16.4 Å². The van der Waals surface area contributed by atoms with E-state index in [4.69, 9.17) is 10.5 Å². The molecule has 0 bridgehead atoms. The summed E-state index contributed by atoms with van der Waals surface area (Å²) in [4.78, 5) is 27.0. The minimum absolute atomic E-state index is 0.128. The molecule has 0 heterocycles. The first-order chi connectivity index (χ1) is 23.5. The number of alkyl carbamates (subject to hydrolysis) is 1. The van der Waals surface area contributed by atoms with Crippen molar-refractivity contribution in [2.24, 2.45) is 5.92 Å². The average Bonchev–Trinajstić information content (AvgIpc) is 3.26. The molecule has 5 N–H and O–H groups in total. The highest BCUT2D eigenvalue weighted by Gasteiger charge is 2.36. The molecule has 3 aromatic rings. The van der Waals surface area contributed by atoms with Crippen LogP contribution in [0, 0.1) is 5.92 Å². The second kappa shape index (κ2) is 17.5. The van der Waals surface area contributed by atoms with E-state index in [0.717, 1.165) is 22.3 Å². The molecular formula is C38H50N4O6S. The van der Waals surface area contributed by atoms with Gasteiger partial charge >= 0.3 is 6.09 Å². The molecular weight excluding hydrogens is 641 g/mol. The molecule has 10 nitrogen and oxygen atoms in total. The third-order valence-electron chi connectivity index (χ3n) is 9.14. The van der Waals surface area contributed by atoms with Crippen molar-refractivity contribution in [3.05, 3.63) is 95.1 Å². The predicted octanol–water partition coefficient (Wildman–Crippen LogP) is 5.77. The quantitative estimate of drug-likeness (QED) is 0.139. The number of nitrogens with zero attached hydrogens (tertiary/aromatic N) is 1. The molecule has 1 aliphatic carbocycles. The highest BCUT2D eigenvalue weighted by molar-refractivity contribution is 7.89. The number of methoxy groups -OCH3 is 1. The number of carbonyl (C=O) groups is 2. The Kier molecular flexibility index (Phi) is 13.4. The van der Waals surface area contributed by atoms with E-state index in [-0.39, 0.29) is 35.9 Å². The molecule has 3 aromatic carbocycles. The molecule has 0 aromatic heterocycles. The molecule has 3 atom stereocenters. The van der Waals surface area contributed by atoms with Gasteiger partial charge in [0.15, 0.2) is 0 Å². The van der Waals surface area contributed by atoms with Crippen LogP contribution in [0.4, 0.5) is 10.5 Å². The summed E-state index contributed by atoms with van der Waals surface area (Å²) >= 11 is 0. The van der Waals surface area contributed by atoms with Crippen molar-refractivity contribution >= 4 is 39.9 Å². The van der Waals surface area contributed by atoms with E-state index in [1.165, 1.54) is 23.5 Å². The maximum atomic E-state index is 14.2. The monoisotopic (exact) mass is 690 g/mol. The van der Waals surface area contributed by atoms with E-state index in [1.54, 1.807) is 12.1 Å². The molecule has 0 aliphatic heterocycles. The lowest BCUT2D eigenvalue weighted by Crippen LogP contribution is -2.52. The van der Waals surface area contributed by atoms with Crippen molar-refractivity contribution in [3.8, 4) is 0 Å². The maximum absolute atomic E-state index is 14.2. The van der Waals surface area contributed by atoms with E-state index in [2.05, 4.69) is 10.6 Å². The second-order valence-corrected chi connectivity index (χ2v) is 14.8. The number of aliphatic hydroxyl groups excluding tert-OH is 1. The minimum Gasteiger partial charge on any atom is -0.453 e. The van der Waals surface area contributed by atoms with Crippen LogP contribution in [0.5, 0.6) is 0 Å². The number of anilines is 1. The number of carbonyl (C=O) groups excluding carboxylic acids is 2. The zero-order chi connectivity index (χ0) is 35.6. The summed E-state index contributed by atoms with van der Waals surface area (Å²) in [6.07, 6.45) is 6.06. The number of benzene rings is 3. The number of nitrogen functional groups attached to an aromatic ring is 1. The molecule has 264 valence electrons. The standard InChI is InChI=1S/C38H50N4O6S/c1-5-30(13-10-14-31(25-43)42(24-23-26(2)3)49(46,47)32-21-19-29(39)20-22-32)40-37(44)36(41-38(45)48-4)35-33-15-8-6-11-27(33)17-18-28-12-7-9-16-34(28)35/h6-9,11-12,15-22,26,30-31,35-36,43H,5,10,13-14,23-25,39H2,1-4H3,(H,40,44)(H,41,45)/t30-,31-,36?/m0/s1. The molecule has 1 aliphatic rings. The Hall–Kier alpha value is -4.19. The van der Waals surface area contributed by atoms with Crippen molar-refractivity contribution in [1.82, 2.24) is 14.9 Å². The maximum Gasteiger partial charge on any atom is 0.407 e. The number of sulfonamides is 1. The zero-order valence-corrected chi connectivity index (χ0v) is 29.7. The fraction of sp³-hybridized carbons (Fsp3) is 0.421. The SMILES string of the molecule is CC[C@@H](CCC[C@@H](CO)N(CCC(C)C)S(=O)(=O)c1ccc(N)cc1)NC(=O)C(NC(=O)OC)C1c2ccccc2C=Cc2ccccc21. The molecule has 0 saturated carbocycles. The number of nitrogens with two attached hydrogens (primary N) is 1. The summed E-state index contributed by atoms with van der Waals surface area (Å²) in [5, 5.41) is 16.4. The van der Waals surface area contributed by atoms with Crippen LogP contribution in [-0.4, -0.2) is 68.2 Å². The summed E-state index contributed by atoms with van der Waals surface area (Å²) < 4.78 is 33.9. The summed E-state index contributed by atoms with van der Waals surface area (Å²) in [7, 11) is -2.63. The van der Waals surface area contributed by atoms with Gasteiger partial charge < -0.3 is 26.2 Å². The number of amides is 2. The third-order valence-corrected chi connectivity index (χ3v) is 11.1. The third kappa shape index (κ3) is 9.49. The number of nitrogens with one attached hydrogen (secondary N) is 2. The molecule has 2 amide bonds. The van der Waals surface area contributed by atoms with Crippen LogP contribution in [0.15, 0.2) is 77.7 Å². The van der Waals surface area contributed by atoms with Crippen molar-refractivity contribution in [3.63, 3.8) is 0 Å². The lowest BCUT2D eigenvalue weighted by molar-refractivity contribution is -0.124. The van der Waals surface area contributed by atoms with Gasteiger partial charge in [-0.1, -0.05) is 81.5 Å². The zero-order valence-electron chi connectivity index (χ0n) is 28.8. The fourth-order valence-electron chi connectivity index (χ4n) is 6.34. The normalized spacial score (nSPS) is 14.8. The van der Waals surface area contributed by atoms with Gasteiger partial charge in [0.25, 0.3) is 0 Å². The van der Waals surface area contributed by atoms with Crippen LogP contribution in [0.1, 0.15) is 81.0 Å². The minimum atomic E-state index is -3.90. The van der Waals surface area contributed by atoms with E-state index in [9.17, 15) is 23.1 Å². The molecule has 4 rings (SSSR count). The molecule has 1 unspecified atom stereocenters. The number of hydrogen-bond acceptors (Lipinski definition) is 7. The van der Waals surface area contributed by atoms with Crippen LogP contribution in [0.3, 0.4) is 0 Å². The predicted molar refractivity (Wildman–Crippen MR) is 194 cm³/mol. The summed E-state index contributed by atoms with van der Waals surface area (Å²) in [6.45, 7) is 5.96. The smallest absolute Gasteiger partial charge is 0.407 e. The van der Waals surface area contributed by atoms with Crippen LogP contribution in [-0.2, 0) is 19.6 Å². The number of hydrogen-bond donors (Lipinski definition) is 4. The average molecular weight is 691 g/mol. The first-order valence-corrected chi connectivity index (χ1v) is 18.4. The van der Waals surface area contributed by atoms with Gasteiger partial charge in [0.2, 0.25) is 15.9 Å². The van der Waals surface area contributed by atoms with Gasteiger partial charge in [-0.05, 0) is 84.5 Å². The Balaban J connectivity index is 1.53. The van der Waals surface area contributed by atoms with Crippen molar-refractivity contribution < 1.29 is 27.9 Å². The topological polar surface area (TPSA) is 151 Å². The molecule has 11 heteroatoms. The Morgan fingerprint density at radius 3 is 2.02 bits per heavy atom. The number of fused-ring (bicyclic) bond motifs is 2. The molecule has 0 fully saturated rings. The summed E-state index contributed by atoms with van der Waals surface area (Å²) in [5.74, 6) is -0.583.